The number of aromatic nitrogens is 2. The van der Waals surface area contributed by atoms with Crippen LogP contribution < -0.4 is 4.90 Å². The molecule has 2 rings (SSSR count). The van der Waals surface area contributed by atoms with Crippen molar-refractivity contribution in [1.29, 1.82) is 0 Å². The van der Waals surface area contributed by atoms with Crippen LogP contribution in [-0.2, 0) is 4.79 Å². The molecule has 0 spiro atoms. The maximum Gasteiger partial charge on any atom is 0.229 e. The Morgan fingerprint density at radius 1 is 1.60 bits per heavy atom. The standard InChI is InChI=1S/C10H15N3O2/c1-7(2)13-5-8(4-11-13)12-6-9(14)3-10(12)15/h4-5,7,9,14H,3,6H2,1-2H3. The minimum absolute atomic E-state index is 0.0363. The second-order valence-corrected chi connectivity index (χ2v) is 4.13. The van der Waals surface area contributed by atoms with Gasteiger partial charge in [0.05, 0.1) is 31.0 Å². The summed E-state index contributed by atoms with van der Waals surface area (Å²) in [6.07, 6.45) is 3.17. The van der Waals surface area contributed by atoms with Crippen molar-refractivity contribution >= 4 is 11.6 Å². The molecular weight excluding hydrogens is 194 g/mol. The molecule has 0 aliphatic carbocycles. The van der Waals surface area contributed by atoms with Crippen molar-refractivity contribution in [3.8, 4) is 0 Å². The molecule has 5 nitrogen and oxygen atoms in total. The molecule has 1 unspecified atom stereocenters. The minimum atomic E-state index is -0.542. The topological polar surface area (TPSA) is 58.4 Å². The number of rotatable bonds is 2. The summed E-state index contributed by atoms with van der Waals surface area (Å²) in [7, 11) is 0. The number of nitrogens with zero attached hydrogens (tertiary/aromatic N) is 3. The normalized spacial score (nSPS) is 21.7. The van der Waals surface area contributed by atoms with E-state index in [1.54, 1.807) is 15.8 Å². The lowest BCUT2D eigenvalue weighted by atomic mass is 10.3. The lowest BCUT2D eigenvalue weighted by Gasteiger charge is -2.12. The highest BCUT2D eigenvalue weighted by molar-refractivity contribution is 5.95. The summed E-state index contributed by atoms with van der Waals surface area (Å²) in [5, 5.41) is 13.5. The summed E-state index contributed by atoms with van der Waals surface area (Å²) >= 11 is 0. The summed E-state index contributed by atoms with van der Waals surface area (Å²) < 4.78 is 1.80. The first-order chi connectivity index (χ1) is 7.08. The monoisotopic (exact) mass is 209 g/mol. The first-order valence-corrected chi connectivity index (χ1v) is 5.10. The number of aliphatic hydroxyl groups excluding tert-OH is 1. The van der Waals surface area contributed by atoms with Gasteiger partial charge >= 0.3 is 0 Å². The Kier molecular flexibility index (Phi) is 2.48. The van der Waals surface area contributed by atoms with Crippen molar-refractivity contribution in [3.05, 3.63) is 12.4 Å². The van der Waals surface area contributed by atoms with Crippen LogP contribution in [0, 0.1) is 0 Å². The van der Waals surface area contributed by atoms with Gasteiger partial charge in [0.1, 0.15) is 0 Å². The number of hydrogen-bond acceptors (Lipinski definition) is 3. The van der Waals surface area contributed by atoms with Crippen molar-refractivity contribution in [2.24, 2.45) is 0 Å². The lowest BCUT2D eigenvalue weighted by Crippen LogP contribution is -2.24. The summed E-state index contributed by atoms with van der Waals surface area (Å²) in [6.45, 7) is 4.43. The predicted octanol–water partition coefficient (Wildman–Crippen LogP) is 0.562. The van der Waals surface area contributed by atoms with Crippen molar-refractivity contribution in [1.82, 2.24) is 9.78 Å². The van der Waals surface area contributed by atoms with Crippen LogP contribution in [0.15, 0.2) is 12.4 Å². The van der Waals surface area contributed by atoms with Crippen LogP contribution in [-0.4, -0.2) is 33.4 Å². The second-order valence-electron chi connectivity index (χ2n) is 4.13. The first-order valence-electron chi connectivity index (χ1n) is 5.10. The number of carbonyl (C=O) groups is 1. The SMILES string of the molecule is CC(C)n1cc(N2CC(O)CC2=O)cn1. The van der Waals surface area contributed by atoms with E-state index in [-0.39, 0.29) is 18.4 Å². The summed E-state index contributed by atoms with van der Waals surface area (Å²) in [4.78, 5) is 13.1. The largest absolute Gasteiger partial charge is 0.391 e. The average Bonchev–Trinajstić information content (AvgIpc) is 2.71. The highest BCUT2D eigenvalue weighted by Gasteiger charge is 2.29. The zero-order chi connectivity index (χ0) is 11.0. The molecule has 0 radical (unpaired) electrons. The van der Waals surface area contributed by atoms with Crippen molar-refractivity contribution < 1.29 is 9.90 Å². The van der Waals surface area contributed by atoms with E-state index in [2.05, 4.69) is 5.10 Å². The Morgan fingerprint density at radius 2 is 2.33 bits per heavy atom. The number of β-amino-alcohol motifs (C(OH)–C–C–N with tert-alkyl or cyclic N) is 1. The zero-order valence-electron chi connectivity index (χ0n) is 8.92. The molecule has 1 saturated heterocycles. The highest BCUT2D eigenvalue weighted by atomic mass is 16.3. The molecule has 0 saturated carbocycles. The molecule has 1 aromatic rings. The van der Waals surface area contributed by atoms with E-state index in [1.165, 1.54) is 0 Å². The number of aliphatic hydroxyl groups is 1. The molecule has 1 N–H and O–H groups in total. The van der Waals surface area contributed by atoms with E-state index < -0.39 is 6.10 Å². The van der Waals surface area contributed by atoms with Crippen LogP contribution in [0.1, 0.15) is 26.3 Å². The third kappa shape index (κ3) is 1.87. The van der Waals surface area contributed by atoms with E-state index in [4.69, 9.17) is 0 Å². The third-order valence-electron chi connectivity index (χ3n) is 2.53. The fourth-order valence-electron chi connectivity index (χ4n) is 1.69. The van der Waals surface area contributed by atoms with E-state index in [1.807, 2.05) is 20.0 Å². The van der Waals surface area contributed by atoms with Crippen LogP contribution >= 0.6 is 0 Å². The molecule has 0 aromatic carbocycles. The molecule has 1 aliphatic heterocycles. The maximum atomic E-state index is 11.5. The fraction of sp³-hybridized carbons (Fsp3) is 0.600. The average molecular weight is 209 g/mol. The molecule has 1 aromatic heterocycles. The van der Waals surface area contributed by atoms with Gasteiger partial charge in [0.2, 0.25) is 5.91 Å². The predicted molar refractivity (Wildman–Crippen MR) is 55.6 cm³/mol. The molecule has 1 amide bonds. The van der Waals surface area contributed by atoms with E-state index in [0.29, 0.717) is 6.54 Å². The number of anilines is 1. The Labute approximate surface area is 88.3 Å². The van der Waals surface area contributed by atoms with Gasteiger partial charge in [-0.05, 0) is 13.8 Å². The van der Waals surface area contributed by atoms with Gasteiger partial charge in [0.15, 0.2) is 0 Å². The van der Waals surface area contributed by atoms with Gasteiger partial charge in [0.25, 0.3) is 0 Å². The molecule has 1 atom stereocenters. The van der Waals surface area contributed by atoms with E-state index in [0.717, 1.165) is 5.69 Å². The Balaban J connectivity index is 2.19. The fourth-order valence-corrected chi connectivity index (χ4v) is 1.69. The third-order valence-corrected chi connectivity index (χ3v) is 2.53. The Bertz CT molecular complexity index is 372. The molecule has 1 aliphatic rings. The van der Waals surface area contributed by atoms with Crippen LogP contribution in [0.5, 0.6) is 0 Å². The molecule has 1 fully saturated rings. The quantitative estimate of drug-likeness (QED) is 0.774. The second kappa shape index (κ2) is 3.66. The number of hydrogen-bond donors (Lipinski definition) is 1. The van der Waals surface area contributed by atoms with Crippen molar-refractivity contribution in [3.63, 3.8) is 0 Å². The molecule has 0 bridgehead atoms. The molecule has 2 heterocycles. The van der Waals surface area contributed by atoms with E-state index in [9.17, 15) is 9.90 Å². The molecule has 5 heteroatoms. The Morgan fingerprint density at radius 3 is 2.80 bits per heavy atom. The zero-order valence-corrected chi connectivity index (χ0v) is 8.92. The first kappa shape index (κ1) is 10.2. The lowest BCUT2D eigenvalue weighted by molar-refractivity contribution is -0.117. The van der Waals surface area contributed by atoms with Gasteiger partial charge in [-0.1, -0.05) is 0 Å². The van der Waals surface area contributed by atoms with Crippen molar-refractivity contribution in [2.45, 2.75) is 32.4 Å². The van der Waals surface area contributed by atoms with Gasteiger partial charge in [-0.3, -0.25) is 9.48 Å². The minimum Gasteiger partial charge on any atom is -0.391 e. The summed E-state index contributed by atoms with van der Waals surface area (Å²) in [5.74, 6) is -0.0363. The van der Waals surface area contributed by atoms with Gasteiger partial charge in [-0.15, -0.1) is 0 Å². The van der Waals surface area contributed by atoms with Gasteiger partial charge < -0.3 is 10.0 Å². The van der Waals surface area contributed by atoms with Gasteiger partial charge in [0, 0.05) is 12.2 Å². The Hall–Kier alpha value is -1.36. The van der Waals surface area contributed by atoms with Crippen LogP contribution in [0.4, 0.5) is 5.69 Å². The smallest absolute Gasteiger partial charge is 0.229 e. The van der Waals surface area contributed by atoms with E-state index >= 15 is 0 Å². The number of amides is 1. The molecular formula is C10H15N3O2. The highest BCUT2D eigenvalue weighted by Crippen LogP contribution is 2.21. The van der Waals surface area contributed by atoms with Crippen LogP contribution in [0.25, 0.3) is 0 Å². The van der Waals surface area contributed by atoms with Crippen LogP contribution in [0.2, 0.25) is 0 Å². The van der Waals surface area contributed by atoms with Gasteiger partial charge in [-0.25, -0.2) is 0 Å². The summed E-state index contributed by atoms with van der Waals surface area (Å²) in [6, 6.07) is 0.279. The number of carbonyl (C=O) groups excluding carboxylic acids is 1. The molecule has 15 heavy (non-hydrogen) atoms. The van der Waals surface area contributed by atoms with Gasteiger partial charge in [-0.2, -0.15) is 5.10 Å². The molecule has 82 valence electrons. The van der Waals surface area contributed by atoms with Crippen molar-refractivity contribution in [2.75, 3.05) is 11.4 Å². The summed E-state index contributed by atoms with van der Waals surface area (Å²) in [5.41, 5.74) is 0.769. The maximum absolute atomic E-state index is 11.5. The van der Waals surface area contributed by atoms with Crippen LogP contribution in [0.3, 0.4) is 0 Å².